The molecular weight excluding hydrogens is 267 g/mol. The van der Waals surface area contributed by atoms with E-state index in [0.717, 1.165) is 31.7 Å². The smallest absolute Gasteiger partial charge is 0.124 e. The Morgan fingerprint density at radius 2 is 2.24 bits per heavy atom. The molecule has 3 nitrogen and oxygen atoms in total. The molecule has 0 amide bonds. The fraction of sp³-hybridized carbons (Fsp3) is 0.529. The molecule has 1 aliphatic rings. The van der Waals surface area contributed by atoms with Crippen molar-refractivity contribution in [2.45, 2.75) is 39.0 Å². The summed E-state index contributed by atoms with van der Waals surface area (Å²) in [6.45, 7) is 6.85. The number of hydrogen-bond acceptors (Lipinski definition) is 3. The third kappa shape index (κ3) is 4.53. The molecule has 1 saturated heterocycles. The molecule has 2 unspecified atom stereocenters. The number of rotatable bonds is 3. The van der Waals surface area contributed by atoms with Gasteiger partial charge in [0.1, 0.15) is 5.82 Å². The second kappa shape index (κ2) is 7.56. The number of hydrogen-bond donors (Lipinski definition) is 1. The van der Waals surface area contributed by atoms with Gasteiger partial charge in [-0.3, -0.25) is 4.90 Å². The first kappa shape index (κ1) is 16.0. The molecule has 2 rings (SSSR count). The Labute approximate surface area is 126 Å². The zero-order valence-electron chi connectivity index (χ0n) is 12.7. The van der Waals surface area contributed by atoms with Gasteiger partial charge in [-0.15, -0.1) is 0 Å². The Morgan fingerprint density at radius 1 is 1.43 bits per heavy atom. The van der Waals surface area contributed by atoms with Crippen LogP contribution < -0.4 is 5.73 Å². The van der Waals surface area contributed by atoms with E-state index in [1.807, 2.05) is 6.07 Å². The van der Waals surface area contributed by atoms with Gasteiger partial charge in [0.15, 0.2) is 0 Å². The Bertz CT molecular complexity index is 535. The van der Waals surface area contributed by atoms with Crippen molar-refractivity contribution >= 4 is 0 Å². The fourth-order valence-electron chi connectivity index (χ4n) is 2.68. The normalized spacial score (nSPS) is 22.7. The standard InChI is InChI=1S/C17H23FN2O/c1-3-17-12-21-13(2)10-20(17)11-15-7-14(5-4-6-19)8-16(18)9-15/h7-9,13,17H,3,6,10-12,19H2,1-2H3. The molecule has 0 spiro atoms. The summed E-state index contributed by atoms with van der Waals surface area (Å²) in [6.07, 6.45) is 1.25. The molecule has 0 saturated carbocycles. The van der Waals surface area contributed by atoms with Crippen LogP contribution in [0.25, 0.3) is 0 Å². The van der Waals surface area contributed by atoms with Crippen LogP contribution in [0, 0.1) is 17.7 Å². The van der Waals surface area contributed by atoms with Crippen LogP contribution in [-0.4, -0.2) is 36.7 Å². The third-order valence-corrected chi connectivity index (χ3v) is 3.73. The second-order valence-corrected chi connectivity index (χ2v) is 5.49. The Balaban J connectivity index is 2.15. The average Bonchev–Trinajstić information content (AvgIpc) is 2.45. The van der Waals surface area contributed by atoms with Gasteiger partial charge in [0.2, 0.25) is 0 Å². The first-order chi connectivity index (χ1) is 10.1. The Morgan fingerprint density at radius 3 is 2.95 bits per heavy atom. The quantitative estimate of drug-likeness (QED) is 0.867. The third-order valence-electron chi connectivity index (χ3n) is 3.73. The van der Waals surface area contributed by atoms with Crippen LogP contribution >= 0.6 is 0 Å². The highest BCUT2D eigenvalue weighted by Crippen LogP contribution is 2.19. The predicted molar refractivity (Wildman–Crippen MR) is 82.2 cm³/mol. The van der Waals surface area contributed by atoms with Gasteiger partial charge in [0, 0.05) is 24.7 Å². The summed E-state index contributed by atoms with van der Waals surface area (Å²) in [4.78, 5) is 2.36. The van der Waals surface area contributed by atoms with E-state index in [0.29, 0.717) is 11.6 Å². The maximum atomic E-state index is 13.7. The van der Waals surface area contributed by atoms with E-state index in [-0.39, 0.29) is 18.5 Å². The van der Waals surface area contributed by atoms with Crippen molar-refractivity contribution in [1.82, 2.24) is 4.90 Å². The maximum Gasteiger partial charge on any atom is 0.124 e. The molecule has 1 aromatic rings. The van der Waals surface area contributed by atoms with Crippen LogP contribution in [0.4, 0.5) is 4.39 Å². The molecule has 21 heavy (non-hydrogen) atoms. The van der Waals surface area contributed by atoms with Crippen molar-refractivity contribution in [2.75, 3.05) is 19.7 Å². The van der Waals surface area contributed by atoms with Crippen molar-refractivity contribution < 1.29 is 9.13 Å². The van der Waals surface area contributed by atoms with Crippen molar-refractivity contribution in [3.8, 4) is 11.8 Å². The van der Waals surface area contributed by atoms with Crippen molar-refractivity contribution in [1.29, 1.82) is 0 Å². The fourth-order valence-corrected chi connectivity index (χ4v) is 2.68. The molecular formula is C17H23FN2O. The van der Waals surface area contributed by atoms with E-state index < -0.39 is 0 Å². The number of morpholine rings is 1. The number of nitrogens with zero attached hydrogens (tertiary/aromatic N) is 1. The number of ether oxygens (including phenoxy) is 1. The van der Waals surface area contributed by atoms with Gasteiger partial charge in [-0.05, 0) is 37.1 Å². The van der Waals surface area contributed by atoms with Crippen LogP contribution in [0.15, 0.2) is 18.2 Å². The summed E-state index contributed by atoms with van der Waals surface area (Å²) in [5.41, 5.74) is 7.00. The minimum atomic E-state index is -0.247. The second-order valence-electron chi connectivity index (χ2n) is 5.49. The highest BCUT2D eigenvalue weighted by molar-refractivity contribution is 5.38. The van der Waals surface area contributed by atoms with Gasteiger partial charge < -0.3 is 10.5 Å². The van der Waals surface area contributed by atoms with E-state index in [9.17, 15) is 4.39 Å². The molecule has 1 aromatic carbocycles. The molecule has 2 atom stereocenters. The van der Waals surface area contributed by atoms with E-state index in [2.05, 4.69) is 30.6 Å². The molecule has 0 bridgehead atoms. The predicted octanol–water partition coefficient (Wildman–Crippen LogP) is 2.14. The minimum Gasteiger partial charge on any atom is -0.376 e. The zero-order valence-corrected chi connectivity index (χ0v) is 12.7. The van der Waals surface area contributed by atoms with Crippen molar-refractivity contribution in [2.24, 2.45) is 5.73 Å². The van der Waals surface area contributed by atoms with Crippen LogP contribution in [-0.2, 0) is 11.3 Å². The van der Waals surface area contributed by atoms with Gasteiger partial charge in [-0.1, -0.05) is 18.8 Å². The largest absolute Gasteiger partial charge is 0.376 e. The highest BCUT2D eigenvalue weighted by Gasteiger charge is 2.25. The van der Waals surface area contributed by atoms with Gasteiger partial charge >= 0.3 is 0 Å². The van der Waals surface area contributed by atoms with E-state index in [1.165, 1.54) is 6.07 Å². The Kier molecular flexibility index (Phi) is 5.75. The van der Waals surface area contributed by atoms with Gasteiger partial charge in [0.25, 0.3) is 0 Å². The average molecular weight is 290 g/mol. The summed E-state index contributed by atoms with van der Waals surface area (Å²) in [6, 6.07) is 5.37. The number of benzene rings is 1. The lowest BCUT2D eigenvalue weighted by molar-refractivity contribution is -0.0592. The lowest BCUT2D eigenvalue weighted by Crippen LogP contribution is -2.47. The summed E-state index contributed by atoms with van der Waals surface area (Å²) in [5.74, 6) is 5.42. The van der Waals surface area contributed by atoms with Crippen LogP contribution in [0.2, 0.25) is 0 Å². The van der Waals surface area contributed by atoms with E-state index >= 15 is 0 Å². The first-order valence-corrected chi connectivity index (χ1v) is 7.46. The topological polar surface area (TPSA) is 38.5 Å². The lowest BCUT2D eigenvalue weighted by atomic mass is 10.1. The SMILES string of the molecule is CCC1COC(C)CN1Cc1cc(F)cc(C#CCN)c1. The number of halogens is 1. The monoisotopic (exact) mass is 290 g/mol. The van der Waals surface area contributed by atoms with E-state index in [1.54, 1.807) is 6.07 Å². The Hall–Kier alpha value is -1.41. The van der Waals surface area contributed by atoms with Gasteiger partial charge in [-0.25, -0.2) is 4.39 Å². The molecule has 1 aliphatic heterocycles. The van der Waals surface area contributed by atoms with Crippen LogP contribution in [0.5, 0.6) is 0 Å². The summed E-state index contributed by atoms with van der Waals surface area (Å²) < 4.78 is 19.4. The maximum absolute atomic E-state index is 13.7. The molecule has 114 valence electrons. The number of nitrogens with two attached hydrogens (primary N) is 1. The van der Waals surface area contributed by atoms with E-state index in [4.69, 9.17) is 10.5 Å². The lowest BCUT2D eigenvalue weighted by Gasteiger charge is -2.38. The molecule has 4 heteroatoms. The zero-order chi connectivity index (χ0) is 15.2. The molecule has 1 heterocycles. The minimum absolute atomic E-state index is 0.220. The van der Waals surface area contributed by atoms with Crippen LogP contribution in [0.3, 0.4) is 0 Å². The highest BCUT2D eigenvalue weighted by atomic mass is 19.1. The summed E-state index contributed by atoms with van der Waals surface area (Å²) >= 11 is 0. The van der Waals surface area contributed by atoms with Crippen LogP contribution in [0.1, 0.15) is 31.4 Å². The summed E-state index contributed by atoms with van der Waals surface area (Å²) in [7, 11) is 0. The molecule has 2 N–H and O–H groups in total. The van der Waals surface area contributed by atoms with Crippen molar-refractivity contribution in [3.63, 3.8) is 0 Å². The molecule has 0 aliphatic carbocycles. The molecule has 0 radical (unpaired) electrons. The summed E-state index contributed by atoms with van der Waals surface area (Å²) in [5, 5.41) is 0. The molecule has 0 aromatic heterocycles. The van der Waals surface area contributed by atoms with Crippen molar-refractivity contribution in [3.05, 3.63) is 35.1 Å². The van der Waals surface area contributed by atoms with Gasteiger partial charge in [-0.2, -0.15) is 0 Å². The molecule has 1 fully saturated rings. The van der Waals surface area contributed by atoms with Gasteiger partial charge in [0.05, 0.1) is 19.3 Å². The first-order valence-electron chi connectivity index (χ1n) is 7.46.